The second-order valence-electron chi connectivity index (χ2n) is 5.52. The van der Waals surface area contributed by atoms with Crippen molar-refractivity contribution in [2.75, 3.05) is 36.8 Å². The Morgan fingerprint density at radius 2 is 1.76 bits per heavy atom. The molecule has 0 amide bonds. The molecule has 0 aliphatic carbocycles. The summed E-state index contributed by atoms with van der Waals surface area (Å²) in [5.41, 5.74) is 7.17. The van der Waals surface area contributed by atoms with Crippen LogP contribution in [-0.4, -0.2) is 36.1 Å². The monoisotopic (exact) mass is 282 g/mol. The maximum absolute atomic E-state index is 5.79. The van der Waals surface area contributed by atoms with E-state index in [1.165, 1.54) is 5.56 Å². The Kier molecular flexibility index (Phi) is 4.36. The molecule has 1 aromatic carbocycles. The van der Waals surface area contributed by atoms with Gasteiger partial charge in [-0.25, -0.2) is 4.98 Å². The fourth-order valence-electron chi connectivity index (χ4n) is 2.82. The van der Waals surface area contributed by atoms with Crippen LogP contribution in [-0.2, 0) is 6.54 Å². The van der Waals surface area contributed by atoms with Gasteiger partial charge in [0.15, 0.2) is 0 Å². The van der Waals surface area contributed by atoms with Gasteiger partial charge in [-0.3, -0.25) is 4.90 Å². The maximum atomic E-state index is 5.79. The van der Waals surface area contributed by atoms with Crippen LogP contribution < -0.4 is 10.6 Å². The largest absolute Gasteiger partial charge is 0.384 e. The molecule has 1 aliphatic rings. The van der Waals surface area contributed by atoms with Crippen molar-refractivity contribution in [3.63, 3.8) is 0 Å². The summed E-state index contributed by atoms with van der Waals surface area (Å²) in [6.07, 6.45) is 1.16. The first kappa shape index (κ1) is 13.9. The van der Waals surface area contributed by atoms with Crippen molar-refractivity contribution in [2.24, 2.45) is 0 Å². The molecule has 1 saturated heterocycles. The van der Waals surface area contributed by atoms with E-state index in [9.17, 15) is 0 Å². The summed E-state index contributed by atoms with van der Waals surface area (Å²) in [6, 6.07) is 16.5. The lowest BCUT2D eigenvalue weighted by molar-refractivity contribution is 0.285. The van der Waals surface area contributed by atoms with Gasteiger partial charge in [0.05, 0.1) is 0 Å². The quantitative estimate of drug-likeness (QED) is 0.939. The number of nitrogens with zero attached hydrogens (tertiary/aromatic N) is 3. The van der Waals surface area contributed by atoms with E-state index in [0.29, 0.717) is 5.82 Å². The van der Waals surface area contributed by atoms with Crippen LogP contribution in [0.5, 0.6) is 0 Å². The van der Waals surface area contributed by atoms with E-state index < -0.39 is 0 Å². The highest BCUT2D eigenvalue weighted by Gasteiger charge is 2.16. The normalized spacial score (nSPS) is 16.7. The molecule has 1 aromatic heterocycles. The van der Waals surface area contributed by atoms with E-state index in [4.69, 9.17) is 5.73 Å². The van der Waals surface area contributed by atoms with Crippen LogP contribution in [0.15, 0.2) is 48.5 Å². The van der Waals surface area contributed by atoms with Crippen LogP contribution in [0, 0.1) is 0 Å². The highest BCUT2D eigenvalue weighted by molar-refractivity contribution is 5.44. The van der Waals surface area contributed by atoms with Crippen LogP contribution >= 0.6 is 0 Å². The second kappa shape index (κ2) is 6.59. The number of pyridine rings is 1. The van der Waals surface area contributed by atoms with Crippen molar-refractivity contribution in [2.45, 2.75) is 13.0 Å². The Balaban J connectivity index is 1.62. The summed E-state index contributed by atoms with van der Waals surface area (Å²) in [4.78, 5) is 9.28. The average Bonchev–Trinajstić information content (AvgIpc) is 2.74. The van der Waals surface area contributed by atoms with Crippen LogP contribution in [0.2, 0.25) is 0 Å². The van der Waals surface area contributed by atoms with Gasteiger partial charge in [0, 0.05) is 32.7 Å². The Morgan fingerprint density at radius 3 is 2.57 bits per heavy atom. The molecule has 2 aromatic rings. The number of aromatic nitrogens is 1. The average molecular weight is 282 g/mol. The predicted molar refractivity (Wildman–Crippen MR) is 87.2 cm³/mol. The minimum Gasteiger partial charge on any atom is -0.384 e. The molecule has 21 heavy (non-hydrogen) atoms. The zero-order chi connectivity index (χ0) is 14.5. The molecule has 0 atom stereocenters. The molecule has 110 valence electrons. The molecule has 0 radical (unpaired) electrons. The van der Waals surface area contributed by atoms with Gasteiger partial charge in [-0.15, -0.1) is 0 Å². The lowest BCUT2D eigenvalue weighted by Crippen LogP contribution is -2.31. The first-order chi connectivity index (χ1) is 10.3. The van der Waals surface area contributed by atoms with Gasteiger partial charge in [0.2, 0.25) is 0 Å². The van der Waals surface area contributed by atoms with E-state index in [1.807, 2.05) is 18.2 Å². The predicted octanol–water partition coefficient (Wildman–Crippen LogP) is 2.38. The summed E-state index contributed by atoms with van der Waals surface area (Å²) < 4.78 is 0. The topological polar surface area (TPSA) is 45.4 Å². The zero-order valence-corrected chi connectivity index (χ0v) is 12.3. The van der Waals surface area contributed by atoms with E-state index in [1.54, 1.807) is 0 Å². The van der Waals surface area contributed by atoms with E-state index in [0.717, 1.165) is 45.0 Å². The van der Waals surface area contributed by atoms with Crippen LogP contribution in [0.3, 0.4) is 0 Å². The van der Waals surface area contributed by atoms with Gasteiger partial charge in [0.1, 0.15) is 11.6 Å². The van der Waals surface area contributed by atoms with E-state index in [2.05, 4.69) is 45.1 Å². The van der Waals surface area contributed by atoms with E-state index >= 15 is 0 Å². The highest BCUT2D eigenvalue weighted by atomic mass is 15.2. The fraction of sp³-hybridized carbons (Fsp3) is 0.353. The Morgan fingerprint density at radius 1 is 0.905 bits per heavy atom. The van der Waals surface area contributed by atoms with Gasteiger partial charge in [-0.2, -0.15) is 0 Å². The lowest BCUT2D eigenvalue weighted by atomic mass is 10.2. The minimum atomic E-state index is 0.595. The number of benzene rings is 1. The standard InChI is InChI=1S/C17H22N4/c18-16-8-4-9-17(19-16)21-11-5-10-20(12-13-21)14-15-6-2-1-3-7-15/h1-4,6-9H,5,10-14H2,(H2,18,19). The molecule has 1 fully saturated rings. The molecule has 1 aliphatic heterocycles. The summed E-state index contributed by atoms with van der Waals surface area (Å²) >= 11 is 0. The molecule has 3 rings (SSSR count). The zero-order valence-electron chi connectivity index (χ0n) is 12.3. The number of nitrogens with two attached hydrogens (primary N) is 1. The first-order valence-corrected chi connectivity index (χ1v) is 7.55. The molecule has 4 nitrogen and oxygen atoms in total. The molecule has 0 bridgehead atoms. The van der Waals surface area contributed by atoms with Crippen molar-refractivity contribution in [1.82, 2.24) is 9.88 Å². The van der Waals surface area contributed by atoms with Gasteiger partial charge >= 0.3 is 0 Å². The van der Waals surface area contributed by atoms with Gasteiger partial charge in [-0.1, -0.05) is 36.4 Å². The third-order valence-electron chi connectivity index (χ3n) is 3.92. The van der Waals surface area contributed by atoms with Crippen LogP contribution in [0.25, 0.3) is 0 Å². The Labute approximate surface area is 126 Å². The van der Waals surface area contributed by atoms with Gasteiger partial charge < -0.3 is 10.6 Å². The number of hydrogen-bond donors (Lipinski definition) is 1. The maximum Gasteiger partial charge on any atom is 0.130 e. The molecule has 4 heteroatoms. The Hall–Kier alpha value is -2.07. The molecule has 0 unspecified atom stereocenters. The summed E-state index contributed by atoms with van der Waals surface area (Å²) in [7, 11) is 0. The summed E-state index contributed by atoms with van der Waals surface area (Å²) in [5, 5.41) is 0. The number of anilines is 2. The van der Waals surface area contributed by atoms with Crippen LogP contribution in [0.1, 0.15) is 12.0 Å². The molecule has 0 saturated carbocycles. The molecular formula is C17H22N4. The van der Waals surface area contributed by atoms with Crippen molar-refractivity contribution in [1.29, 1.82) is 0 Å². The molecule has 0 spiro atoms. The number of rotatable bonds is 3. The van der Waals surface area contributed by atoms with Gasteiger partial charge in [-0.05, 0) is 24.1 Å². The smallest absolute Gasteiger partial charge is 0.130 e. The first-order valence-electron chi connectivity index (χ1n) is 7.55. The lowest BCUT2D eigenvalue weighted by Gasteiger charge is -2.23. The second-order valence-corrected chi connectivity index (χ2v) is 5.52. The van der Waals surface area contributed by atoms with Crippen molar-refractivity contribution >= 4 is 11.6 Å². The SMILES string of the molecule is Nc1cccc(N2CCCN(Cc3ccccc3)CC2)n1. The van der Waals surface area contributed by atoms with E-state index in [-0.39, 0.29) is 0 Å². The minimum absolute atomic E-state index is 0.595. The van der Waals surface area contributed by atoms with Crippen molar-refractivity contribution in [3.05, 3.63) is 54.1 Å². The summed E-state index contributed by atoms with van der Waals surface area (Å²) in [5.74, 6) is 1.59. The molecule has 2 N–H and O–H groups in total. The van der Waals surface area contributed by atoms with Crippen LogP contribution in [0.4, 0.5) is 11.6 Å². The third-order valence-corrected chi connectivity index (χ3v) is 3.92. The molecule has 2 heterocycles. The van der Waals surface area contributed by atoms with Crippen molar-refractivity contribution in [3.8, 4) is 0 Å². The van der Waals surface area contributed by atoms with Crippen molar-refractivity contribution < 1.29 is 0 Å². The number of hydrogen-bond acceptors (Lipinski definition) is 4. The highest BCUT2D eigenvalue weighted by Crippen LogP contribution is 2.16. The number of nitrogen functional groups attached to an aromatic ring is 1. The molecular weight excluding hydrogens is 260 g/mol. The summed E-state index contributed by atoms with van der Waals surface area (Å²) in [6.45, 7) is 5.27. The fourth-order valence-corrected chi connectivity index (χ4v) is 2.82. The Bertz CT molecular complexity index is 570. The van der Waals surface area contributed by atoms with Gasteiger partial charge in [0.25, 0.3) is 0 Å². The third kappa shape index (κ3) is 3.73.